The van der Waals surface area contributed by atoms with Gasteiger partial charge in [-0.1, -0.05) is 23.7 Å². The largest absolute Gasteiger partial charge is 0.347 e. The van der Waals surface area contributed by atoms with Gasteiger partial charge in [0.15, 0.2) is 5.65 Å². The Morgan fingerprint density at radius 3 is 2.94 bits per heavy atom. The predicted molar refractivity (Wildman–Crippen MR) is 138 cm³/mol. The third-order valence-electron chi connectivity index (χ3n) is 6.25. The van der Waals surface area contributed by atoms with Gasteiger partial charge in [-0.3, -0.25) is 14.6 Å². The summed E-state index contributed by atoms with van der Waals surface area (Å²) in [5.41, 5.74) is 1.65. The minimum Gasteiger partial charge on any atom is -0.347 e. The molecule has 0 saturated carbocycles. The fraction of sp³-hybridized carbons (Fsp3) is 0.280. The molecule has 9 nitrogen and oxygen atoms in total. The van der Waals surface area contributed by atoms with Crippen molar-refractivity contribution in [3.63, 3.8) is 0 Å². The van der Waals surface area contributed by atoms with E-state index in [4.69, 9.17) is 11.6 Å². The van der Waals surface area contributed by atoms with Crippen molar-refractivity contribution in [3.05, 3.63) is 80.1 Å². The van der Waals surface area contributed by atoms with E-state index in [1.807, 2.05) is 32.0 Å². The molecule has 0 spiro atoms. The van der Waals surface area contributed by atoms with Crippen LogP contribution in [0.4, 0.5) is 5.82 Å². The van der Waals surface area contributed by atoms with Crippen LogP contribution in [0.25, 0.3) is 21.8 Å². The van der Waals surface area contributed by atoms with Crippen LogP contribution in [0.15, 0.2) is 63.3 Å². The van der Waals surface area contributed by atoms with Crippen molar-refractivity contribution in [2.75, 3.05) is 11.4 Å². The highest BCUT2D eigenvalue weighted by molar-refractivity contribution is 6.35. The van der Waals surface area contributed by atoms with Crippen LogP contribution in [0, 0.1) is 0 Å². The zero-order valence-electron chi connectivity index (χ0n) is 19.4. The average Bonchev–Trinajstić information content (AvgIpc) is 3.34. The average molecular weight is 490 g/mol. The summed E-state index contributed by atoms with van der Waals surface area (Å²) in [5.74, 6) is 0.514. The number of aliphatic imine (C=N–C) groups is 1. The van der Waals surface area contributed by atoms with Crippen molar-refractivity contribution in [3.8, 4) is 0 Å². The zero-order valence-corrected chi connectivity index (χ0v) is 20.2. The lowest BCUT2D eigenvalue weighted by molar-refractivity contribution is 0.606. The summed E-state index contributed by atoms with van der Waals surface area (Å²) in [6, 6.07) is 7.32. The molecule has 35 heavy (non-hydrogen) atoms. The maximum Gasteiger partial charge on any atom is 0.263 e. The maximum atomic E-state index is 13.7. The number of pyridine rings is 1. The normalized spacial score (nSPS) is 16.7. The highest BCUT2D eigenvalue weighted by Gasteiger charge is 2.32. The van der Waals surface area contributed by atoms with E-state index >= 15 is 0 Å². The van der Waals surface area contributed by atoms with Gasteiger partial charge in [-0.25, -0.2) is 15.0 Å². The number of anilines is 1. The molecule has 1 aliphatic rings. The van der Waals surface area contributed by atoms with E-state index in [1.54, 1.807) is 23.0 Å². The van der Waals surface area contributed by atoms with Crippen LogP contribution >= 0.6 is 11.6 Å². The lowest BCUT2D eigenvalue weighted by Gasteiger charge is -2.29. The molecular weight excluding hydrogens is 466 g/mol. The first-order valence-electron chi connectivity index (χ1n) is 11.4. The van der Waals surface area contributed by atoms with Gasteiger partial charge in [0.1, 0.15) is 17.5 Å². The highest BCUT2D eigenvalue weighted by Crippen LogP contribution is 2.37. The summed E-state index contributed by atoms with van der Waals surface area (Å²) < 4.78 is 1.76. The molecule has 1 N–H and O–H groups in total. The molecular formula is C25H24ClN7O2. The Morgan fingerprint density at radius 1 is 1.26 bits per heavy atom. The molecule has 0 radical (unpaired) electrons. The Bertz CT molecular complexity index is 1600. The number of rotatable bonds is 5. The van der Waals surface area contributed by atoms with Gasteiger partial charge in [-0.05, 0) is 49.8 Å². The number of allylic oxidation sites excluding steroid dienone is 1. The van der Waals surface area contributed by atoms with Crippen LogP contribution in [-0.2, 0) is 6.54 Å². The van der Waals surface area contributed by atoms with Gasteiger partial charge < -0.3 is 14.5 Å². The van der Waals surface area contributed by atoms with E-state index in [9.17, 15) is 9.59 Å². The molecule has 1 fully saturated rings. The quantitative estimate of drug-likeness (QED) is 0.424. The number of benzene rings is 1. The van der Waals surface area contributed by atoms with Crippen LogP contribution in [0.2, 0.25) is 5.02 Å². The van der Waals surface area contributed by atoms with Crippen LogP contribution in [-0.4, -0.2) is 37.3 Å². The number of aromatic amines is 1. The van der Waals surface area contributed by atoms with Gasteiger partial charge in [0.25, 0.3) is 11.1 Å². The second kappa shape index (κ2) is 9.42. The lowest BCUT2D eigenvalue weighted by atomic mass is 10.0. The van der Waals surface area contributed by atoms with Crippen molar-refractivity contribution in [2.45, 2.75) is 39.3 Å². The second-order valence-corrected chi connectivity index (χ2v) is 8.93. The molecule has 178 valence electrons. The summed E-state index contributed by atoms with van der Waals surface area (Å²) in [5, 5.41) is 2.03. The molecule has 1 atom stereocenters. The molecule has 5 rings (SSSR count). The minimum atomic E-state index is -0.296. The summed E-state index contributed by atoms with van der Waals surface area (Å²) >= 11 is 6.45. The number of nitrogens with zero attached hydrogens (tertiary/aromatic N) is 6. The van der Waals surface area contributed by atoms with Gasteiger partial charge in [0.05, 0.1) is 22.8 Å². The molecule has 4 aromatic rings. The van der Waals surface area contributed by atoms with Gasteiger partial charge >= 0.3 is 0 Å². The van der Waals surface area contributed by atoms with Crippen molar-refractivity contribution in [1.29, 1.82) is 0 Å². The number of fused-ring (bicyclic) bond motifs is 2. The third-order valence-corrected chi connectivity index (χ3v) is 6.57. The SMILES string of the molecule is CC=N/C=C(\C)Cn1c(C2CCCN2c2ncnc3nc[nH]c(=O)c23)cc2cccc(Cl)c2c1=O. The lowest BCUT2D eigenvalue weighted by Crippen LogP contribution is -2.32. The Kier molecular flexibility index (Phi) is 6.17. The number of aromatic nitrogens is 5. The van der Waals surface area contributed by atoms with Crippen molar-refractivity contribution >= 4 is 45.4 Å². The van der Waals surface area contributed by atoms with Crippen molar-refractivity contribution in [1.82, 2.24) is 24.5 Å². The fourth-order valence-corrected chi connectivity index (χ4v) is 5.01. The second-order valence-electron chi connectivity index (χ2n) is 8.53. The van der Waals surface area contributed by atoms with Gasteiger partial charge in [0, 0.05) is 31.2 Å². The van der Waals surface area contributed by atoms with Gasteiger partial charge in [-0.2, -0.15) is 0 Å². The standard InChI is InChI=1S/C25H24ClN7O2/c1-3-27-11-15(2)12-33-19(10-16-6-4-7-17(26)20(16)25(33)35)18-8-5-9-32(18)23-21-22(28-13-30-23)29-14-31-24(21)34/h3-4,6-7,10-11,13-14,18H,5,8-9,12H2,1-2H3,(H,28,29,30,31,34)/b15-11+,27-3?. The predicted octanol–water partition coefficient (Wildman–Crippen LogP) is 4.02. The van der Waals surface area contributed by atoms with E-state index in [-0.39, 0.29) is 17.2 Å². The minimum absolute atomic E-state index is 0.157. The number of hydrogen-bond acceptors (Lipinski definition) is 7. The van der Waals surface area contributed by atoms with Crippen LogP contribution in [0.3, 0.4) is 0 Å². The summed E-state index contributed by atoms with van der Waals surface area (Å²) in [6.45, 7) is 4.83. The Hall–Kier alpha value is -3.85. The van der Waals surface area contributed by atoms with Gasteiger partial charge in [0.2, 0.25) is 0 Å². The third kappa shape index (κ3) is 4.12. The van der Waals surface area contributed by atoms with Gasteiger partial charge in [-0.15, -0.1) is 0 Å². The Labute approximate surface area is 205 Å². The number of hydrogen-bond donors (Lipinski definition) is 1. The number of nitrogens with one attached hydrogen (secondary N) is 1. The maximum absolute atomic E-state index is 13.7. The fourth-order valence-electron chi connectivity index (χ4n) is 4.75. The summed E-state index contributed by atoms with van der Waals surface area (Å²) in [6.07, 6.45) is 7.89. The first-order chi connectivity index (χ1) is 17.0. The van der Waals surface area contributed by atoms with Crippen LogP contribution < -0.4 is 16.0 Å². The topological polar surface area (TPSA) is 109 Å². The van der Waals surface area contributed by atoms with E-state index in [0.717, 1.165) is 29.5 Å². The smallest absolute Gasteiger partial charge is 0.263 e. The Morgan fingerprint density at radius 2 is 2.11 bits per heavy atom. The van der Waals surface area contributed by atoms with E-state index in [0.29, 0.717) is 40.3 Å². The van der Waals surface area contributed by atoms with E-state index < -0.39 is 0 Å². The van der Waals surface area contributed by atoms with Crippen molar-refractivity contribution < 1.29 is 0 Å². The highest BCUT2D eigenvalue weighted by atomic mass is 35.5. The number of H-pyrrole nitrogens is 1. The van der Waals surface area contributed by atoms with Crippen LogP contribution in [0.5, 0.6) is 0 Å². The Balaban J connectivity index is 1.72. The molecule has 1 unspecified atom stereocenters. The van der Waals surface area contributed by atoms with Crippen LogP contribution in [0.1, 0.15) is 38.4 Å². The molecule has 0 amide bonds. The molecule has 1 aromatic carbocycles. The zero-order chi connectivity index (χ0) is 24.5. The summed E-state index contributed by atoms with van der Waals surface area (Å²) in [7, 11) is 0. The van der Waals surface area contributed by atoms with E-state index in [1.165, 1.54) is 12.7 Å². The molecule has 10 heteroatoms. The molecule has 0 bridgehead atoms. The van der Waals surface area contributed by atoms with E-state index in [2.05, 4.69) is 29.8 Å². The first-order valence-corrected chi connectivity index (χ1v) is 11.8. The molecule has 3 aromatic heterocycles. The first kappa shape index (κ1) is 22.9. The molecule has 0 aliphatic carbocycles. The monoisotopic (exact) mass is 489 g/mol. The molecule has 1 saturated heterocycles. The number of halogens is 1. The van der Waals surface area contributed by atoms with Crippen molar-refractivity contribution in [2.24, 2.45) is 4.99 Å². The summed E-state index contributed by atoms with van der Waals surface area (Å²) in [4.78, 5) is 48.2. The molecule has 1 aliphatic heterocycles. The molecule has 4 heterocycles.